The van der Waals surface area contributed by atoms with Crippen molar-refractivity contribution in [2.24, 2.45) is 5.92 Å². The van der Waals surface area contributed by atoms with E-state index in [1.807, 2.05) is 0 Å². The van der Waals surface area contributed by atoms with Crippen molar-refractivity contribution in [1.29, 1.82) is 0 Å². The van der Waals surface area contributed by atoms with Crippen LogP contribution in [-0.4, -0.2) is 60.8 Å². The van der Waals surface area contributed by atoms with E-state index in [0.717, 1.165) is 45.0 Å². The average molecular weight is 506 g/mol. The molecule has 2 aromatic heterocycles. The van der Waals surface area contributed by atoms with E-state index in [9.17, 15) is 17.6 Å². The molecule has 2 aliphatic rings. The Morgan fingerprint density at radius 2 is 1.94 bits per heavy atom. The maximum Gasteiger partial charge on any atom is 0.421 e. The van der Waals surface area contributed by atoms with E-state index in [1.54, 1.807) is 6.92 Å². The lowest BCUT2D eigenvalue weighted by Crippen LogP contribution is -2.49. The molecule has 2 unspecified atom stereocenters. The Kier molecular flexibility index (Phi) is 6.73. The summed E-state index contributed by atoms with van der Waals surface area (Å²) in [6.45, 7) is 4.13. The lowest BCUT2D eigenvalue weighted by molar-refractivity contribution is -0.137. The van der Waals surface area contributed by atoms with Gasteiger partial charge < -0.3 is 15.5 Å². The molecule has 5 rings (SSSR count). The van der Waals surface area contributed by atoms with Crippen LogP contribution in [0.25, 0.3) is 5.69 Å². The lowest BCUT2D eigenvalue weighted by atomic mass is 9.83. The van der Waals surface area contributed by atoms with Crippen LogP contribution in [-0.2, 0) is 6.18 Å². The fourth-order valence-corrected chi connectivity index (χ4v) is 5.16. The monoisotopic (exact) mass is 505 g/mol. The molecule has 192 valence electrons. The number of tetrazole rings is 1. The minimum Gasteiger partial charge on any atom is -0.369 e. The Bertz CT molecular complexity index is 1210. The van der Waals surface area contributed by atoms with E-state index >= 15 is 0 Å². The summed E-state index contributed by atoms with van der Waals surface area (Å²) >= 11 is 0. The standard InChI is InChI=1S/C23H27F4N9/c1-14-32-33-34-36(14)20-11-16(7-8-18(20)24)30-22-29-13-17(23(25,26)27)21(31-22)28-12-15-5-4-10-35-9-3-2-6-19(15)35/h7-8,11,13,15,19H,2-6,9-10,12H2,1H3,(H2,28,29,30,31). The van der Waals surface area contributed by atoms with Crippen molar-refractivity contribution in [1.82, 2.24) is 35.1 Å². The van der Waals surface area contributed by atoms with Crippen LogP contribution >= 0.6 is 0 Å². The van der Waals surface area contributed by atoms with Crippen LogP contribution in [0.15, 0.2) is 24.4 Å². The molecule has 9 nitrogen and oxygen atoms in total. The van der Waals surface area contributed by atoms with Crippen molar-refractivity contribution in [2.75, 3.05) is 30.3 Å². The molecule has 0 aliphatic carbocycles. The molecule has 36 heavy (non-hydrogen) atoms. The Labute approximate surface area is 205 Å². The molecule has 0 bridgehead atoms. The number of fused-ring (bicyclic) bond motifs is 1. The number of benzene rings is 1. The van der Waals surface area contributed by atoms with Crippen molar-refractivity contribution >= 4 is 17.5 Å². The van der Waals surface area contributed by atoms with E-state index in [0.29, 0.717) is 24.1 Å². The number of hydrogen-bond acceptors (Lipinski definition) is 8. The topological polar surface area (TPSA) is 96.7 Å². The number of rotatable bonds is 6. The van der Waals surface area contributed by atoms with Crippen LogP contribution in [0.3, 0.4) is 0 Å². The van der Waals surface area contributed by atoms with Gasteiger partial charge in [-0.15, -0.1) is 5.10 Å². The highest BCUT2D eigenvalue weighted by Crippen LogP contribution is 2.36. The number of aromatic nitrogens is 6. The van der Waals surface area contributed by atoms with Crippen molar-refractivity contribution in [3.8, 4) is 5.69 Å². The third kappa shape index (κ3) is 5.11. The molecule has 0 saturated carbocycles. The van der Waals surface area contributed by atoms with Crippen molar-refractivity contribution in [3.63, 3.8) is 0 Å². The first kappa shape index (κ1) is 24.3. The van der Waals surface area contributed by atoms with Crippen LogP contribution in [0.5, 0.6) is 0 Å². The summed E-state index contributed by atoms with van der Waals surface area (Å²) in [5.41, 5.74) is -0.465. The fraction of sp³-hybridized carbons (Fsp3) is 0.522. The van der Waals surface area contributed by atoms with Gasteiger partial charge in [-0.3, -0.25) is 0 Å². The zero-order chi connectivity index (χ0) is 25.3. The third-order valence-electron chi connectivity index (χ3n) is 6.91. The molecule has 2 atom stereocenters. The number of alkyl halides is 3. The van der Waals surface area contributed by atoms with Gasteiger partial charge in [-0.05, 0) is 80.2 Å². The molecule has 3 aromatic rings. The smallest absolute Gasteiger partial charge is 0.369 e. The maximum atomic E-state index is 14.4. The summed E-state index contributed by atoms with van der Waals surface area (Å²) < 4.78 is 56.8. The van der Waals surface area contributed by atoms with Gasteiger partial charge in [0.05, 0.1) is 0 Å². The number of nitrogens with one attached hydrogen (secondary N) is 2. The molecule has 2 saturated heterocycles. The molecule has 2 fully saturated rings. The Balaban J connectivity index is 1.37. The predicted octanol–water partition coefficient (Wildman–Crippen LogP) is 4.34. The maximum absolute atomic E-state index is 14.4. The predicted molar refractivity (Wildman–Crippen MR) is 125 cm³/mol. The van der Waals surface area contributed by atoms with Crippen LogP contribution < -0.4 is 10.6 Å². The average Bonchev–Trinajstić information content (AvgIpc) is 3.29. The zero-order valence-corrected chi connectivity index (χ0v) is 19.8. The summed E-state index contributed by atoms with van der Waals surface area (Å²) in [6, 6.07) is 4.47. The third-order valence-corrected chi connectivity index (χ3v) is 6.91. The van der Waals surface area contributed by atoms with E-state index in [2.05, 4.69) is 41.0 Å². The highest BCUT2D eigenvalue weighted by Gasteiger charge is 2.37. The second-order valence-electron chi connectivity index (χ2n) is 9.27. The van der Waals surface area contributed by atoms with E-state index in [4.69, 9.17) is 0 Å². The number of hydrogen-bond donors (Lipinski definition) is 2. The Hall–Kier alpha value is -3.35. The van der Waals surface area contributed by atoms with E-state index in [1.165, 1.54) is 29.3 Å². The zero-order valence-electron chi connectivity index (χ0n) is 19.8. The second-order valence-corrected chi connectivity index (χ2v) is 9.27. The summed E-state index contributed by atoms with van der Waals surface area (Å²) in [5.74, 6) is -0.241. The van der Waals surface area contributed by atoms with E-state index in [-0.39, 0.29) is 23.4 Å². The molecule has 0 radical (unpaired) electrons. The normalized spacial score (nSPS) is 20.7. The molecule has 0 spiro atoms. The van der Waals surface area contributed by atoms with E-state index < -0.39 is 17.6 Å². The fourth-order valence-electron chi connectivity index (χ4n) is 5.16. The van der Waals surface area contributed by atoms with Crippen molar-refractivity contribution in [2.45, 2.75) is 51.2 Å². The molecule has 4 heterocycles. The first-order chi connectivity index (χ1) is 17.3. The van der Waals surface area contributed by atoms with Gasteiger partial charge in [0.2, 0.25) is 5.95 Å². The highest BCUT2D eigenvalue weighted by molar-refractivity contribution is 5.60. The number of nitrogens with zero attached hydrogens (tertiary/aromatic N) is 7. The van der Waals surface area contributed by atoms with Gasteiger partial charge in [-0.1, -0.05) is 6.42 Å². The Morgan fingerprint density at radius 1 is 1.11 bits per heavy atom. The lowest BCUT2D eigenvalue weighted by Gasteiger charge is -2.44. The Morgan fingerprint density at radius 3 is 2.72 bits per heavy atom. The molecular formula is C23H27F4N9. The molecule has 2 N–H and O–H groups in total. The van der Waals surface area contributed by atoms with Gasteiger partial charge >= 0.3 is 6.18 Å². The van der Waals surface area contributed by atoms with Gasteiger partial charge in [0.1, 0.15) is 22.9 Å². The van der Waals surface area contributed by atoms with Crippen LogP contribution in [0, 0.1) is 18.7 Å². The number of halogens is 4. The van der Waals surface area contributed by atoms with Gasteiger partial charge in [0.15, 0.2) is 5.82 Å². The van der Waals surface area contributed by atoms with Crippen LogP contribution in [0.4, 0.5) is 35.0 Å². The second kappa shape index (κ2) is 9.96. The van der Waals surface area contributed by atoms with Crippen molar-refractivity contribution in [3.05, 3.63) is 41.6 Å². The van der Waals surface area contributed by atoms with Crippen LogP contribution in [0.1, 0.15) is 43.5 Å². The molecule has 13 heteroatoms. The van der Waals surface area contributed by atoms with Gasteiger partial charge in [-0.25, -0.2) is 9.37 Å². The summed E-state index contributed by atoms with van der Waals surface area (Å²) in [5, 5.41) is 16.9. The van der Waals surface area contributed by atoms with Gasteiger partial charge in [-0.2, -0.15) is 22.8 Å². The summed E-state index contributed by atoms with van der Waals surface area (Å²) in [4.78, 5) is 10.5. The highest BCUT2D eigenvalue weighted by atomic mass is 19.4. The van der Waals surface area contributed by atoms with Gasteiger partial charge in [0, 0.05) is 24.5 Å². The van der Waals surface area contributed by atoms with Crippen molar-refractivity contribution < 1.29 is 17.6 Å². The number of aryl methyl sites for hydroxylation is 1. The largest absolute Gasteiger partial charge is 0.421 e. The molecule has 0 amide bonds. The van der Waals surface area contributed by atoms with Crippen LogP contribution in [0.2, 0.25) is 0 Å². The molecular weight excluding hydrogens is 478 g/mol. The number of anilines is 3. The minimum atomic E-state index is -4.61. The number of piperidine rings is 2. The summed E-state index contributed by atoms with van der Waals surface area (Å²) in [6.07, 6.45) is 1.57. The SMILES string of the molecule is Cc1nnnn1-c1cc(Nc2ncc(C(F)(F)F)c(NCC3CCCN4CCCCC34)n2)ccc1F. The quantitative estimate of drug-likeness (QED) is 0.478. The van der Waals surface area contributed by atoms with Gasteiger partial charge in [0.25, 0.3) is 0 Å². The summed E-state index contributed by atoms with van der Waals surface area (Å²) in [7, 11) is 0. The minimum absolute atomic E-state index is 0.0422. The molecule has 2 aliphatic heterocycles. The first-order valence-corrected chi connectivity index (χ1v) is 12.0. The molecule has 1 aromatic carbocycles. The first-order valence-electron chi connectivity index (χ1n) is 12.0.